The van der Waals surface area contributed by atoms with Gasteiger partial charge in [0, 0.05) is 0 Å². The van der Waals surface area contributed by atoms with E-state index in [4.69, 9.17) is 0 Å². The van der Waals surface area contributed by atoms with Gasteiger partial charge in [-0.25, -0.2) is 0 Å². The summed E-state index contributed by atoms with van der Waals surface area (Å²) < 4.78 is 42.3. The zero-order chi connectivity index (χ0) is 19.3. The largest absolute Gasteiger partial charge is 0.573 e. The van der Waals surface area contributed by atoms with Gasteiger partial charge in [-0.15, -0.1) is 13.2 Å². The Hall–Kier alpha value is -1.19. The molecule has 0 saturated heterocycles. The highest BCUT2D eigenvalue weighted by Gasteiger charge is 2.35. The first-order valence-corrected chi connectivity index (χ1v) is 10.8. The van der Waals surface area contributed by atoms with Crippen molar-refractivity contribution in [1.29, 1.82) is 0 Å². The van der Waals surface area contributed by atoms with Crippen molar-refractivity contribution in [2.75, 3.05) is 0 Å². The molecule has 0 N–H and O–H groups in total. The molecule has 0 unspecified atom stereocenters. The quantitative estimate of drug-likeness (QED) is 0.486. The number of hydrogen-bond acceptors (Lipinski definition) is 1. The fourth-order valence-electron chi connectivity index (χ4n) is 5.38. The van der Waals surface area contributed by atoms with Crippen molar-refractivity contribution in [2.24, 2.45) is 17.8 Å². The molecule has 3 rings (SSSR count). The molecule has 2 aliphatic carbocycles. The van der Waals surface area contributed by atoms with Gasteiger partial charge in [0.25, 0.3) is 0 Å². The zero-order valence-electron chi connectivity index (χ0n) is 16.4. The number of benzene rings is 1. The normalized spacial score (nSPS) is 29.5. The fraction of sp³-hybridized carbons (Fsp3) is 0.739. The second kappa shape index (κ2) is 9.34. The molecule has 4 heteroatoms. The highest BCUT2D eigenvalue weighted by Crippen LogP contribution is 2.46. The van der Waals surface area contributed by atoms with Crippen molar-refractivity contribution in [3.63, 3.8) is 0 Å². The Balaban J connectivity index is 1.51. The molecule has 2 saturated carbocycles. The molecule has 0 aliphatic heterocycles. The summed E-state index contributed by atoms with van der Waals surface area (Å²) >= 11 is 0. The Morgan fingerprint density at radius 2 is 1.48 bits per heavy atom. The minimum Gasteiger partial charge on any atom is -0.405 e. The van der Waals surface area contributed by atoms with Crippen LogP contribution in [0, 0.1) is 17.8 Å². The van der Waals surface area contributed by atoms with Crippen LogP contribution < -0.4 is 4.74 Å². The lowest BCUT2D eigenvalue weighted by molar-refractivity contribution is -0.275. The van der Waals surface area contributed by atoms with E-state index in [1.807, 2.05) is 12.1 Å². The van der Waals surface area contributed by atoms with E-state index in [0.29, 0.717) is 0 Å². The maximum absolute atomic E-state index is 12.7. The molecule has 1 aromatic rings. The minimum atomic E-state index is -4.62. The van der Waals surface area contributed by atoms with Crippen molar-refractivity contribution in [3.05, 3.63) is 29.8 Å². The zero-order valence-corrected chi connectivity index (χ0v) is 16.4. The summed E-state index contributed by atoms with van der Waals surface area (Å²) in [5, 5.41) is 0. The Labute approximate surface area is 161 Å². The molecule has 0 amide bonds. The number of unbranched alkanes of at least 4 members (excludes halogenated alkanes) is 1. The smallest absolute Gasteiger partial charge is 0.405 e. The number of hydrogen-bond donors (Lipinski definition) is 0. The van der Waals surface area contributed by atoms with Crippen LogP contribution in [-0.2, 0) is 0 Å². The average Bonchev–Trinajstić information content (AvgIpc) is 2.66. The van der Waals surface area contributed by atoms with E-state index in [2.05, 4.69) is 11.7 Å². The van der Waals surface area contributed by atoms with Crippen molar-refractivity contribution in [2.45, 2.75) is 89.8 Å². The molecule has 1 aromatic carbocycles. The third-order valence-corrected chi connectivity index (χ3v) is 6.88. The topological polar surface area (TPSA) is 9.23 Å². The van der Waals surface area contributed by atoms with E-state index < -0.39 is 6.36 Å². The van der Waals surface area contributed by atoms with Crippen molar-refractivity contribution in [3.8, 4) is 5.75 Å². The Morgan fingerprint density at radius 3 is 2.07 bits per heavy atom. The monoisotopic (exact) mass is 382 g/mol. The van der Waals surface area contributed by atoms with Gasteiger partial charge in [-0.2, -0.15) is 0 Å². The van der Waals surface area contributed by atoms with E-state index >= 15 is 0 Å². The van der Waals surface area contributed by atoms with Gasteiger partial charge < -0.3 is 4.74 Å². The van der Waals surface area contributed by atoms with Crippen LogP contribution >= 0.6 is 0 Å². The third-order valence-electron chi connectivity index (χ3n) is 6.88. The maximum Gasteiger partial charge on any atom is 0.573 e. The Morgan fingerprint density at radius 1 is 0.889 bits per heavy atom. The van der Waals surface area contributed by atoms with Crippen LogP contribution in [0.15, 0.2) is 24.3 Å². The number of ether oxygens (including phenoxy) is 1. The number of halogens is 3. The second-order valence-corrected chi connectivity index (χ2v) is 8.62. The molecular weight excluding hydrogens is 349 g/mol. The lowest BCUT2D eigenvalue weighted by Gasteiger charge is -2.38. The Kier molecular flexibility index (Phi) is 7.10. The fourth-order valence-corrected chi connectivity index (χ4v) is 5.38. The SMILES string of the molecule is CCCC[C@H]1CC[C@H]([C@H]2CC[C@H](c3ccccc3OC(F)(F)F)CC2)CC1. The predicted molar refractivity (Wildman–Crippen MR) is 103 cm³/mol. The molecule has 27 heavy (non-hydrogen) atoms. The standard InChI is InChI=1S/C23H33F3O/c1-2-3-6-17-9-11-18(12-10-17)19-13-15-20(16-14-19)21-7-4-5-8-22(21)27-23(24,25)26/h4-5,7-8,17-20H,2-3,6,9-16H2,1H3/t17-,18-,19-,20-. The van der Waals surface area contributed by atoms with Crippen LogP contribution in [-0.4, -0.2) is 6.36 Å². The van der Waals surface area contributed by atoms with Gasteiger partial charge in [-0.1, -0.05) is 57.2 Å². The molecule has 1 nitrogen and oxygen atoms in total. The van der Waals surface area contributed by atoms with Gasteiger partial charge in [-0.05, 0) is 73.8 Å². The summed E-state index contributed by atoms with van der Waals surface area (Å²) in [7, 11) is 0. The van der Waals surface area contributed by atoms with E-state index in [1.165, 1.54) is 51.0 Å². The molecule has 0 spiro atoms. The van der Waals surface area contributed by atoms with Crippen LogP contribution in [0.5, 0.6) is 5.75 Å². The van der Waals surface area contributed by atoms with E-state index in [1.54, 1.807) is 6.07 Å². The molecule has 0 aromatic heterocycles. The minimum absolute atomic E-state index is 0.00937. The lowest BCUT2D eigenvalue weighted by Crippen LogP contribution is -2.26. The molecule has 152 valence electrons. The number of para-hydroxylation sites is 1. The van der Waals surface area contributed by atoms with Crippen molar-refractivity contribution >= 4 is 0 Å². The molecule has 2 fully saturated rings. The van der Waals surface area contributed by atoms with Crippen LogP contribution in [0.25, 0.3) is 0 Å². The van der Waals surface area contributed by atoms with Crippen LogP contribution in [0.3, 0.4) is 0 Å². The van der Waals surface area contributed by atoms with Gasteiger partial charge in [0.1, 0.15) is 5.75 Å². The first kappa shape index (κ1) is 20.5. The van der Waals surface area contributed by atoms with E-state index in [0.717, 1.165) is 49.0 Å². The lowest BCUT2D eigenvalue weighted by atomic mass is 9.68. The summed E-state index contributed by atoms with van der Waals surface area (Å²) in [6.07, 6.45) is 9.18. The van der Waals surface area contributed by atoms with Crippen LogP contribution in [0.4, 0.5) is 13.2 Å². The second-order valence-electron chi connectivity index (χ2n) is 8.62. The van der Waals surface area contributed by atoms with Gasteiger partial charge in [-0.3, -0.25) is 0 Å². The highest BCUT2D eigenvalue weighted by molar-refractivity contribution is 5.36. The van der Waals surface area contributed by atoms with Crippen molar-refractivity contribution in [1.82, 2.24) is 0 Å². The summed E-state index contributed by atoms with van der Waals surface area (Å²) in [4.78, 5) is 0. The first-order valence-electron chi connectivity index (χ1n) is 10.8. The Bertz CT molecular complexity index is 567. The molecule has 0 bridgehead atoms. The summed E-state index contributed by atoms with van der Waals surface area (Å²) in [6, 6.07) is 6.70. The van der Waals surface area contributed by atoms with E-state index in [-0.39, 0.29) is 11.7 Å². The summed E-state index contributed by atoms with van der Waals surface area (Å²) in [5.74, 6) is 2.73. The average molecular weight is 383 g/mol. The number of rotatable bonds is 6. The highest BCUT2D eigenvalue weighted by atomic mass is 19.4. The molecule has 0 radical (unpaired) electrons. The molecule has 0 heterocycles. The molecule has 2 aliphatic rings. The molecule has 0 atom stereocenters. The predicted octanol–water partition coefficient (Wildman–Crippen LogP) is 7.86. The van der Waals surface area contributed by atoms with Crippen LogP contribution in [0.1, 0.15) is 89.0 Å². The van der Waals surface area contributed by atoms with E-state index in [9.17, 15) is 13.2 Å². The first-order chi connectivity index (χ1) is 13.0. The van der Waals surface area contributed by atoms with Gasteiger partial charge in [0.2, 0.25) is 0 Å². The summed E-state index contributed by atoms with van der Waals surface area (Å²) in [6.45, 7) is 2.27. The molecular formula is C23H33F3O. The maximum atomic E-state index is 12.7. The van der Waals surface area contributed by atoms with Gasteiger partial charge in [0.15, 0.2) is 0 Å². The van der Waals surface area contributed by atoms with Crippen molar-refractivity contribution < 1.29 is 17.9 Å². The number of alkyl halides is 3. The van der Waals surface area contributed by atoms with Gasteiger partial charge >= 0.3 is 6.36 Å². The van der Waals surface area contributed by atoms with Gasteiger partial charge in [0.05, 0.1) is 0 Å². The summed E-state index contributed by atoms with van der Waals surface area (Å²) in [5.41, 5.74) is 0.733. The van der Waals surface area contributed by atoms with Crippen LogP contribution in [0.2, 0.25) is 0 Å². The third kappa shape index (κ3) is 5.89.